The van der Waals surface area contributed by atoms with Crippen LogP contribution in [0.2, 0.25) is 0 Å². The van der Waals surface area contributed by atoms with Gasteiger partial charge >= 0.3 is 6.09 Å². The number of hydrogen-bond donors (Lipinski definition) is 0. The predicted octanol–water partition coefficient (Wildman–Crippen LogP) is 4.10. The Kier molecular flexibility index (Phi) is 7.45. The number of pyridine rings is 1. The number of nitriles is 1. The molecule has 0 saturated carbocycles. The summed E-state index contributed by atoms with van der Waals surface area (Å²) in [6, 6.07) is 16.9. The second-order valence-corrected chi connectivity index (χ2v) is 7.69. The quantitative estimate of drug-likeness (QED) is 0.327. The van der Waals surface area contributed by atoms with Crippen LogP contribution in [0.3, 0.4) is 0 Å². The standard InChI is InChI=1S/C24H22ClN3O5/c25-7-9-30-16-28-20(15-33-24(28)29)14-32-23-21-11-22(31-13-17-4-2-1-3-5-17)19(12-26)10-18(21)6-8-27-23/h1-6,8,10-11,20H,7,9,13-16H2. The molecule has 9 heteroatoms. The van der Waals surface area contributed by atoms with E-state index in [1.54, 1.807) is 24.4 Å². The summed E-state index contributed by atoms with van der Waals surface area (Å²) in [5.74, 6) is 1.16. The molecule has 0 bridgehead atoms. The van der Waals surface area contributed by atoms with Gasteiger partial charge in [-0.1, -0.05) is 30.3 Å². The fourth-order valence-electron chi connectivity index (χ4n) is 3.41. The minimum absolute atomic E-state index is 0.0749. The van der Waals surface area contributed by atoms with Crippen LogP contribution >= 0.6 is 11.6 Å². The van der Waals surface area contributed by atoms with Crippen molar-refractivity contribution >= 4 is 28.5 Å². The Hall–Kier alpha value is -3.54. The average molecular weight is 468 g/mol. The molecule has 1 aliphatic heterocycles. The maximum atomic E-state index is 12.0. The molecule has 1 amide bonds. The van der Waals surface area contributed by atoms with Crippen molar-refractivity contribution in [1.82, 2.24) is 9.88 Å². The van der Waals surface area contributed by atoms with E-state index in [1.807, 2.05) is 30.3 Å². The molecule has 0 N–H and O–H groups in total. The first-order valence-corrected chi connectivity index (χ1v) is 10.9. The van der Waals surface area contributed by atoms with Crippen molar-refractivity contribution in [3.63, 3.8) is 0 Å². The molecule has 2 aromatic carbocycles. The fourth-order valence-corrected chi connectivity index (χ4v) is 3.52. The van der Waals surface area contributed by atoms with Crippen LogP contribution in [0.5, 0.6) is 11.6 Å². The molecule has 1 unspecified atom stereocenters. The lowest BCUT2D eigenvalue weighted by Crippen LogP contribution is -2.39. The number of carbonyl (C=O) groups is 1. The second kappa shape index (κ2) is 10.9. The van der Waals surface area contributed by atoms with Crippen LogP contribution in [0, 0.1) is 11.3 Å². The molecule has 1 aliphatic rings. The number of halogens is 1. The molecule has 1 fully saturated rings. The van der Waals surface area contributed by atoms with Gasteiger partial charge in [-0.15, -0.1) is 11.6 Å². The molecule has 8 nitrogen and oxygen atoms in total. The van der Waals surface area contributed by atoms with E-state index >= 15 is 0 Å². The highest BCUT2D eigenvalue weighted by Crippen LogP contribution is 2.31. The number of aromatic nitrogens is 1. The molecule has 1 atom stereocenters. The molecular formula is C24H22ClN3O5. The van der Waals surface area contributed by atoms with Crippen molar-refractivity contribution in [3.05, 3.63) is 65.9 Å². The highest BCUT2D eigenvalue weighted by molar-refractivity contribution is 6.17. The van der Waals surface area contributed by atoms with Gasteiger partial charge in [0.2, 0.25) is 5.88 Å². The van der Waals surface area contributed by atoms with Gasteiger partial charge in [0.25, 0.3) is 0 Å². The first-order valence-electron chi connectivity index (χ1n) is 10.4. The minimum atomic E-state index is -0.459. The minimum Gasteiger partial charge on any atom is -0.487 e. The van der Waals surface area contributed by atoms with Gasteiger partial charge in [0.05, 0.1) is 12.2 Å². The Bertz CT molecular complexity index is 1150. The van der Waals surface area contributed by atoms with Crippen molar-refractivity contribution < 1.29 is 23.7 Å². The molecule has 4 rings (SSSR count). The van der Waals surface area contributed by atoms with E-state index < -0.39 is 6.09 Å². The fraction of sp³-hybridized carbons (Fsp3) is 0.292. The van der Waals surface area contributed by atoms with Gasteiger partial charge in [-0.2, -0.15) is 5.26 Å². The normalized spacial score (nSPS) is 15.3. The summed E-state index contributed by atoms with van der Waals surface area (Å²) in [6.45, 7) is 1.10. The van der Waals surface area contributed by atoms with E-state index in [0.717, 1.165) is 10.9 Å². The molecule has 0 aliphatic carbocycles. The third kappa shape index (κ3) is 5.45. The Morgan fingerprint density at radius 1 is 1.21 bits per heavy atom. The zero-order chi connectivity index (χ0) is 23.0. The average Bonchev–Trinajstić information content (AvgIpc) is 3.20. The highest BCUT2D eigenvalue weighted by atomic mass is 35.5. The van der Waals surface area contributed by atoms with Gasteiger partial charge in [-0.05, 0) is 29.1 Å². The number of fused-ring (bicyclic) bond motifs is 1. The van der Waals surface area contributed by atoms with Gasteiger partial charge in [-0.25, -0.2) is 9.78 Å². The summed E-state index contributed by atoms with van der Waals surface area (Å²) in [7, 11) is 0. The number of ether oxygens (including phenoxy) is 4. The molecule has 0 spiro atoms. The van der Waals surface area contributed by atoms with Gasteiger partial charge in [0.1, 0.15) is 44.4 Å². The Morgan fingerprint density at radius 3 is 2.85 bits per heavy atom. The number of benzene rings is 2. The van der Waals surface area contributed by atoms with Gasteiger partial charge in [0.15, 0.2) is 0 Å². The lowest BCUT2D eigenvalue weighted by atomic mass is 10.1. The second-order valence-electron chi connectivity index (χ2n) is 7.31. The molecule has 33 heavy (non-hydrogen) atoms. The van der Waals surface area contributed by atoms with Crippen molar-refractivity contribution in [2.75, 3.05) is 32.4 Å². The summed E-state index contributed by atoms with van der Waals surface area (Å²) < 4.78 is 22.4. The summed E-state index contributed by atoms with van der Waals surface area (Å²) >= 11 is 5.63. The number of nitrogens with zero attached hydrogens (tertiary/aromatic N) is 3. The smallest absolute Gasteiger partial charge is 0.412 e. The highest BCUT2D eigenvalue weighted by Gasteiger charge is 2.33. The molecule has 1 saturated heterocycles. The Labute approximate surface area is 196 Å². The summed E-state index contributed by atoms with van der Waals surface area (Å²) in [6.07, 6.45) is 1.15. The predicted molar refractivity (Wildman–Crippen MR) is 121 cm³/mol. The van der Waals surface area contributed by atoms with Crippen molar-refractivity contribution in [3.8, 4) is 17.7 Å². The van der Waals surface area contributed by atoms with Crippen LogP contribution < -0.4 is 9.47 Å². The third-order valence-corrected chi connectivity index (χ3v) is 5.28. The summed E-state index contributed by atoms with van der Waals surface area (Å²) in [5.41, 5.74) is 1.42. The van der Waals surface area contributed by atoms with Gasteiger partial charge in [0, 0.05) is 17.5 Å². The molecular weight excluding hydrogens is 446 g/mol. The molecule has 170 valence electrons. The number of rotatable bonds is 10. The number of amides is 1. The lowest BCUT2D eigenvalue weighted by Gasteiger charge is -2.21. The Morgan fingerprint density at radius 2 is 2.06 bits per heavy atom. The summed E-state index contributed by atoms with van der Waals surface area (Å²) in [5, 5.41) is 11.1. The SMILES string of the molecule is N#Cc1cc2ccnc(OCC3COC(=O)N3COCCCl)c2cc1OCc1ccccc1. The molecule has 2 heterocycles. The lowest BCUT2D eigenvalue weighted by molar-refractivity contribution is 0.0377. The number of alkyl halides is 1. The zero-order valence-corrected chi connectivity index (χ0v) is 18.5. The maximum Gasteiger partial charge on any atom is 0.412 e. The number of hydrogen-bond acceptors (Lipinski definition) is 7. The van der Waals surface area contributed by atoms with Crippen LogP contribution in [0.1, 0.15) is 11.1 Å². The van der Waals surface area contributed by atoms with Gasteiger partial charge < -0.3 is 18.9 Å². The largest absolute Gasteiger partial charge is 0.487 e. The molecule has 0 radical (unpaired) electrons. The van der Waals surface area contributed by atoms with E-state index in [-0.39, 0.29) is 26.0 Å². The van der Waals surface area contributed by atoms with E-state index in [4.69, 9.17) is 30.5 Å². The van der Waals surface area contributed by atoms with E-state index in [2.05, 4.69) is 11.1 Å². The number of cyclic esters (lactones) is 1. The van der Waals surface area contributed by atoms with E-state index in [0.29, 0.717) is 41.7 Å². The van der Waals surface area contributed by atoms with Crippen LogP contribution in [-0.4, -0.2) is 54.5 Å². The Balaban J connectivity index is 1.51. The van der Waals surface area contributed by atoms with Crippen molar-refractivity contribution in [2.24, 2.45) is 0 Å². The van der Waals surface area contributed by atoms with Crippen molar-refractivity contribution in [1.29, 1.82) is 5.26 Å². The van der Waals surface area contributed by atoms with Crippen molar-refractivity contribution in [2.45, 2.75) is 12.6 Å². The van der Waals surface area contributed by atoms with Gasteiger partial charge in [-0.3, -0.25) is 4.90 Å². The van der Waals surface area contributed by atoms with E-state index in [9.17, 15) is 10.1 Å². The van der Waals surface area contributed by atoms with Crippen LogP contribution in [0.15, 0.2) is 54.7 Å². The van der Waals surface area contributed by atoms with Crippen LogP contribution in [0.25, 0.3) is 10.8 Å². The van der Waals surface area contributed by atoms with Crippen LogP contribution in [0.4, 0.5) is 4.79 Å². The topological polar surface area (TPSA) is 93.9 Å². The van der Waals surface area contributed by atoms with E-state index in [1.165, 1.54) is 4.90 Å². The molecule has 3 aromatic rings. The first kappa shape index (κ1) is 22.6. The zero-order valence-electron chi connectivity index (χ0n) is 17.8. The first-order chi connectivity index (χ1) is 16.2. The maximum absolute atomic E-state index is 12.0. The summed E-state index contributed by atoms with van der Waals surface area (Å²) in [4.78, 5) is 17.8. The third-order valence-electron chi connectivity index (χ3n) is 5.12. The monoisotopic (exact) mass is 467 g/mol. The number of carbonyl (C=O) groups excluding carboxylic acids is 1. The molecule has 1 aromatic heterocycles. The van der Waals surface area contributed by atoms with Crippen LogP contribution in [-0.2, 0) is 16.1 Å².